The number of ether oxygens (including phenoxy) is 2. The number of nitrogens with zero attached hydrogens (tertiary/aromatic N) is 2. The number of hydrogen-bond acceptors (Lipinski definition) is 7. The first-order valence-electron chi connectivity index (χ1n) is 14.5. The summed E-state index contributed by atoms with van der Waals surface area (Å²) in [5, 5.41) is 3.56. The van der Waals surface area contributed by atoms with E-state index in [-0.39, 0.29) is 17.6 Å². The zero-order chi connectivity index (χ0) is 28.5. The van der Waals surface area contributed by atoms with Crippen molar-refractivity contribution in [3.05, 3.63) is 71.5 Å². The predicted octanol–water partition coefficient (Wildman–Crippen LogP) is 7.10. The summed E-state index contributed by atoms with van der Waals surface area (Å²) in [5.41, 5.74) is 4.86. The van der Waals surface area contributed by atoms with E-state index in [4.69, 9.17) is 13.9 Å². The van der Waals surface area contributed by atoms with Crippen LogP contribution in [0.2, 0.25) is 0 Å². The molecule has 8 heteroatoms. The van der Waals surface area contributed by atoms with Crippen LogP contribution in [0, 0.1) is 11.7 Å². The van der Waals surface area contributed by atoms with Crippen molar-refractivity contribution in [2.75, 3.05) is 25.1 Å². The molecule has 214 valence electrons. The number of rotatable bonds is 10. The van der Waals surface area contributed by atoms with Gasteiger partial charge in [0.25, 0.3) is 6.01 Å². The SMILES string of the molecule is CCOc1cc(CN2CC[C@H]3C(Nc4nc5ccc(C(C)=O)cc5o4)CC[C@H]32)cc(OCC)c1-c1ccc(F)cc1. The van der Waals surface area contributed by atoms with Crippen LogP contribution < -0.4 is 14.8 Å². The molecular weight excluding hydrogens is 521 g/mol. The van der Waals surface area contributed by atoms with Crippen molar-refractivity contribution in [1.82, 2.24) is 9.88 Å². The van der Waals surface area contributed by atoms with Gasteiger partial charge in [-0.3, -0.25) is 9.69 Å². The highest BCUT2D eigenvalue weighted by Gasteiger charge is 2.44. The molecule has 3 aromatic carbocycles. The van der Waals surface area contributed by atoms with Crippen LogP contribution >= 0.6 is 0 Å². The van der Waals surface area contributed by atoms with E-state index in [1.807, 2.05) is 19.9 Å². The highest BCUT2D eigenvalue weighted by Crippen LogP contribution is 2.43. The summed E-state index contributed by atoms with van der Waals surface area (Å²) in [4.78, 5) is 18.9. The fraction of sp³-hybridized carbons (Fsp3) is 0.394. The molecule has 1 saturated heterocycles. The number of anilines is 1. The Hall–Kier alpha value is -3.91. The van der Waals surface area contributed by atoms with E-state index in [9.17, 15) is 9.18 Å². The Morgan fingerprint density at radius 1 is 1.02 bits per heavy atom. The molecule has 0 amide bonds. The molecule has 1 aromatic heterocycles. The molecule has 41 heavy (non-hydrogen) atoms. The summed E-state index contributed by atoms with van der Waals surface area (Å²) in [7, 11) is 0. The molecule has 2 fully saturated rings. The van der Waals surface area contributed by atoms with Crippen LogP contribution in [0.4, 0.5) is 10.4 Å². The van der Waals surface area contributed by atoms with Gasteiger partial charge in [0, 0.05) is 24.2 Å². The van der Waals surface area contributed by atoms with E-state index in [1.54, 1.807) is 31.2 Å². The zero-order valence-electron chi connectivity index (χ0n) is 23.8. The second-order valence-corrected chi connectivity index (χ2v) is 10.9. The van der Waals surface area contributed by atoms with Gasteiger partial charge >= 0.3 is 0 Å². The summed E-state index contributed by atoms with van der Waals surface area (Å²) in [6.45, 7) is 8.35. The van der Waals surface area contributed by atoms with E-state index in [0.717, 1.165) is 66.1 Å². The standard InChI is InChI=1S/C33H36FN3O4/c1-4-39-30-16-21(17-31(40-5-2)32(30)22-6-9-24(34)10-7-22)19-37-15-14-25-26(12-13-28(25)37)35-33-36-27-11-8-23(20(3)38)18-29(27)41-33/h6-11,16-18,25-26,28H,4-5,12-15,19H2,1-3H3,(H,35,36)/t25-,26?,28+/m0/s1. The van der Waals surface area contributed by atoms with Crippen molar-refractivity contribution in [3.63, 3.8) is 0 Å². The van der Waals surface area contributed by atoms with Gasteiger partial charge < -0.3 is 19.2 Å². The summed E-state index contributed by atoms with van der Waals surface area (Å²) in [5.74, 6) is 1.74. The first-order valence-corrected chi connectivity index (χ1v) is 14.5. The van der Waals surface area contributed by atoms with Crippen LogP contribution in [-0.4, -0.2) is 47.5 Å². The van der Waals surface area contributed by atoms with Crippen LogP contribution in [-0.2, 0) is 6.54 Å². The minimum atomic E-state index is -0.271. The topological polar surface area (TPSA) is 76.8 Å². The van der Waals surface area contributed by atoms with Crippen LogP contribution in [0.15, 0.2) is 59.0 Å². The van der Waals surface area contributed by atoms with Gasteiger partial charge in [0.2, 0.25) is 0 Å². The van der Waals surface area contributed by atoms with E-state index in [0.29, 0.717) is 42.3 Å². The smallest absolute Gasteiger partial charge is 0.295 e. The summed E-state index contributed by atoms with van der Waals surface area (Å²) in [6, 6.07) is 17.3. The number of Topliss-reactive ketones (excluding diaryl/α,β-unsaturated/α-hetero) is 1. The molecule has 3 atom stereocenters. The molecule has 1 unspecified atom stereocenters. The number of halogens is 1. The third-order valence-corrected chi connectivity index (χ3v) is 8.35. The third-order valence-electron chi connectivity index (χ3n) is 8.35. The Bertz CT molecular complexity index is 1520. The number of benzene rings is 3. The minimum absolute atomic E-state index is 0.00865. The van der Waals surface area contributed by atoms with E-state index in [1.165, 1.54) is 12.1 Å². The Morgan fingerprint density at radius 2 is 1.76 bits per heavy atom. The quantitative estimate of drug-likeness (QED) is 0.208. The lowest BCUT2D eigenvalue weighted by Gasteiger charge is -2.25. The Kier molecular flexibility index (Phi) is 7.67. The third kappa shape index (κ3) is 5.53. The van der Waals surface area contributed by atoms with Crippen LogP contribution in [0.3, 0.4) is 0 Å². The number of ketones is 1. The van der Waals surface area contributed by atoms with E-state index < -0.39 is 0 Å². The van der Waals surface area contributed by atoms with Gasteiger partial charge in [0.1, 0.15) is 22.8 Å². The van der Waals surface area contributed by atoms with Crippen molar-refractivity contribution in [1.29, 1.82) is 0 Å². The average molecular weight is 558 g/mol. The Labute approximate surface area is 239 Å². The maximum absolute atomic E-state index is 13.6. The van der Waals surface area contributed by atoms with Crippen molar-refractivity contribution < 1.29 is 23.1 Å². The Morgan fingerprint density at radius 3 is 2.44 bits per heavy atom. The first-order chi connectivity index (χ1) is 19.9. The maximum Gasteiger partial charge on any atom is 0.295 e. The number of hydrogen-bond donors (Lipinski definition) is 1. The molecule has 2 heterocycles. The van der Waals surface area contributed by atoms with Gasteiger partial charge in [0.15, 0.2) is 11.4 Å². The van der Waals surface area contributed by atoms with Crippen LogP contribution in [0.1, 0.15) is 56.0 Å². The lowest BCUT2D eigenvalue weighted by Crippen LogP contribution is -2.32. The molecule has 6 rings (SSSR count). The van der Waals surface area contributed by atoms with Crippen molar-refractivity contribution in [2.24, 2.45) is 5.92 Å². The molecule has 1 aliphatic carbocycles. The fourth-order valence-corrected chi connectivity index (χ4v) is 6.52. The number of carbonyl (C=O) groups is 1. The fourth-order valence-electron chi connectivity index (χ4n) is 6.52. The van der Waals surface area contributed by atoms with Gasteiger partial charge in [-0.05, 0) is 106 Å². The van der Waals surface area contributed by atoms with Crippen LogP contribution in [0.25, 0.3) is 22.2 Å². The summed E-state index contributed by atoms with van der Waals surface area (Å²) < 4.78 is 31.8. The summed E-state index contributed by atoms with van der Waals surface area (Å²) >= 11 is 0. The second-order valence-electron chi connectivity index (χ2n) is 10.9. The second kappa shape index (κ2) is 11.5. The number of carbonyl (C=O) groups excluding carboxylic acids is 1. The Balaban J connectivity index is 1.19. The van der Waals surface area contributed by atoms with Crippen molar-refractivity contribution in [2.45, 2.75) is 58.7 Å². The number of oxazole rings is 1. The van der Waals surface area contributed by atoms with Gasteiger partial charge in [-0.2, -0.15) is 4.98 Å². The molecule has 4 aromatic rings. The molecule has 1 saturated carbocycles. The molecule has 2 aliphatic rings. The molecule has 1 aliphatic heterocycles. The number of likely N-dealkylation sites (tertiary alicyclic amines) is 1. The van der Waals surface area contributed by atoms with Gasteiger partial charge in [-0.25, -0.2) is 4.39 Å². The highest BCUT2D eigenvalue weighted by molar-refractivity contribution is 5.97. The molecule has 0 radical (unpaired) electrons. The van der Waals surface area contributed by atoms with Gasteiger partial charge in [-0.15, -0.1) is 0 Å². The lowest BCUT2D eigenvalue weighted by atomic mass is 9.99. The normalized spacial score (nSPS) is 20.3. The van der Waals surface area contributed by atoms with E-state index in [2.05, 4.69) is 27.3 Å². The van der Waals surface area contributed by atoms with Gasteiger partial charge in [-0.1, -0.05) is 12.1 Å². The largest absolute Gasteiger partial charge is 0.493 e. The first kappa shape index (κ1) is 27.3. The molecular formula is C33H36FN3O4. The monoisotopic (exact) mass is 557 g/mol. The molecule has 7 nitrogen and oxygen atoms in total. The predicted molar refractivity (Wildman–Crippen MR) is 157 cm³/mol. The molecule has 0 bridgehead atoms. The summed E-state index contributed by atoms with van der Waals surface area (Å²) in [6.07, 6.45) is 3.24. The maximum atomic E-state index is 13.6. The molecule has 0 spiro atoms. The van der Waals surface area contributed by atoms with Crippen LogP contribution in [0.5, 0.6) is 11.5 Å². The minimum Gasteiger partial charge on any atom is -0.493 e. The van der Waals surface area contributed by atoms with Crippen molar-refractivity contribution in [3.8, 4) is 22.6 Å². The lowest BCUT2D eigenvalue weighted by molar-refractivity contribution is 0.101. The number of fused-ring (bicyclic) bond motifs is 2. The highest BCUT2D eigenvalue weighted by atomic mass is 19.1. The molecule has 1 N–H and O–H groups in total. The van der Waals surface area contributed by atoms with E-state index >= 15 is 0 Å². The van der Waals surface area contributed by atoms with Crippen molar-refractivity contribution >= 4 is 22.9 Å². The average Bonchev–Trinajstić information content (AvgIpc) is 3.66. The van der Waals surface area contributed by atoms with Gasteiger partial charge in [0.05, 0.1) is 18.8 Å². The number of aromatic nitrogens is 1. The number of nitrogens with one attached hydrogen (secondary N) is 1. The zero-order valence-corrected chi connectivity index (χ0v) is 23.8.